The molecule has 0 saturated heterocycles. The number of aromatic nitrogens is 2. The summed E-state index contributed by atoms with van der Waals surface area (Å²) in [7, 11) is 0. The van der Waals surface area contributed by atoms with Crippen molar-refractivity contribution in [3.05, 3.63) is 205 Å². The number of benzene rings is 10. The molecule has 0 saturated carbocycles. The van der Waals surface area contributed by atoms with E-state index in [2.05, 4.69) is 208 Å². The second kappa shape index (κ2) is 14.7. The van der Waals surface area contributed by atoms with Gasteiger partial charge in [0.25, 0.3) is 0 Å². The summed E-state index contributed by atoms with van der Waals surface area (Å²) in [6, 6.07) is 71.2. The molecule has 0 unspecified atom stereocenters. The van der Waals surface area contributed by atoms with Crippen LogP contribution in [0.3, 0.4) is 0 Å². The summed E-state index contributed by atoms with van der Waals surface area (Å²) in [5.74, 6) is 0. The molecule has 0 spiro atoms. The molecule has 12 aromatic rings. The molecule has 292 valence electrons. The molecule has 0 radical (unpaired) electrons. The van der Waals surface area contributed by atoms with Gasteiger partial charge in [-0.15, -0.1) is 22.7 Å². The van der Waals surface area contributed by atoms with Gasteiger partial charge in [-0.2, -0.15) is 0 Å². The fraction of sp³-hybridized carbons (Fsp3) is 0.0345. The van der Waals surface area contributed by atoms with E-state index in [9.17, 15) is 0 Å². The highest BCUT2D eigenvalue weighted by molar-refractivity contribution is 7.22. The Morgan fingerprint density at radius 2 is 0.661 bits per heavy atom. The van der Waals surface area contributed by atoms with E-state index in [4.69, 9.17) is 9.97 Å². The number of fused-ring (bicyclic) bond motifs is 5. The minimum Gasteiger partial charge on any atom is -0.236 e. The molecule has 0 fully saturated rings. The fourth-order valence-electron chi connectivity index (χ4n) is 9.58. The lowest BCUT2D eigenvalue weighted by Crippen LogP contribution is -1.99. The Labute approximate surface area is 368 Å². The van der Waals surface area contributed by atoms with Crippen molar-refractivity contribution in [2.75, 3.05) is 0 Å². The molecule has 2 aromatic heterocycles. The lowest BCUT2D eigenvalue weighted by atomic mass is 9.76. The first-order valence-corrected chi connectivity index (χ1v) is 22.7. The highest BCUT2D eigenvalue weighted by Crippen LogP contribution is 2.56. The molecule has 12 rings (SSSR count). The minimum absolute atomic E-state index is 1.02. The first kappa shape index (κ1) is 36.6. The Bertz CT molecular complexity index is 3470. The van der Waals surface area contributed by atoms with Crippen molar-refractivity contribution >= 4 is 75.4 Å². The molecule has 0 aliphatic heterocycles. The first-order chi connectivity index (χ1) is 30.6. The molecule has 62 heavy (non-hydrogen) atoms. The van der Waals surface area contributed by atoms with Crippen LogP contribution >= 0.6 is 22.7 Å². The van der Waals surface area contributed by atoms with Gasteiger partial charge in [0.1, 0.15) is 10.0 Å². The number of thiazole rings is 2. The maximum Gasteiger partial charge on any atom is 0.125 e. The predicted molar refractivity (Wildman–Crippen MR) is 267 cm³/mol. The SMILES string of the molecule is Cc1ccc2sc(-c3ccccc3-c3c4ccccc4c(-c4ccccc4-c4nc5cc(C)ccc5s4)c4c(-c5ccccc5)c5ccccc5c(-c5ccccc5)c34)nc2c1. The van der Waals surface area contributed by atoms with E-state index < -0.39 is 0 Å². The van der Waals surface area contributed by atoms with Crippen LogP contribution in [0.1, 0.15) is 11.1 Å². The van der Waals surface area contributed by atoms with Crippen LogP contribution in [0.4, 0.5) is 0 Å². The zero-order valence-corrected chi connectivity index (χ0v) is 35.8. The zero-order chi connectivity index (χ0) is 41.3. The van der Waals surface area contributed by atoms with Gasteiger partial charge >= 0.3 is 0 Å². The van der Waals surface area contributed by atoms with Crippen LogP contribution in [0.15, 0.2) is 194 Å². The largest absolute Gasteiger partial charge is 0.236 e. The van der Waals surface area contributed by atoms with Gasteiger partial charge in [0.05, 0.1) is 20.4 Å². The van der Waals surface area contributed by atoms with Gasteiger partial charge in [-0.1, -0.05) is 170 Å². The van der Waals surface area contributed by atoms with Gasteiger partial charge in [0.2, 0.25) is 0 Å². The minimum atomic E-state index is 1.02. The summed E-state index contributed by atoms with van der Waals surface area (Å²) < 4.78 is 2.38. The molecule has 0 atom stereocenters. The summed E-state index contributed by atoms with van der Waals surface area (Å²) in [4.78, 5) is 10.7. The smallest absolute Gasteiger partial charge is 0.125 e. The second-order valence-electron chi connectivity index (χ2n) is 16.1. The zero-order valence-electron chi connectivity index (χ0n) is 34.2. The first-order valence-electron chi connectivity index (χ1n) is 21.1. The Morgan fingerprint density at radius 3 is 1.06 bits per heavy atom. The van der Waals surface area contributed by atoms with Gasteiger partial charge < -0.3 is 0 Å². The maximum absolute atomic E-state index is 5.33. The van der Waals surface area contributed by atoms with Crippen LogP contribution in [0.2, 0.25) is 0 Å². The number of nitrogens with zero attached hydrogens (tertiary/aromatic N) is 2. The Morgan fingerprint density at radius 1 is 0.323 bits per heavy atom. The number of aryl methyl sites for hydroxylation is 2. The van der Waals surface area contributed by atoms with E-state index in [-0.39, 0.29) is 0 Å². The molecule has 0 N–H and O–H groups in total. The van der Waals surface area contributed by atoms with Crippen LogP contribution in [0.25, 0.3) is 118 Å². The third kappa shape index (κ3) is 5.90. The summed E-state index contributed by atoms with van der Waals surface area (Å²) in [5.41, 5.74) is 16.3. The number of hydrogen-bond donors (Lipinski definition) is 0. The summed E-state index contributed by atoms with van der Waals surface area (Å²) in [5, 5.41) is 9.31. The van der Waals surface area contributed by atoms with E-state index in [1.165, 1.54) is 86.2 Å². The quantitative estimate of drug-likeness (QED) is 0.156. The van der Waals surface area contributed by atoms with Crippen molar-refractivity contribution in [3.63, 3.8) is 0 Å². The van der Waals surface area contributed by atoms with Crippen molar-refractivity contribution in [2.45, 2.75) is 13.8 Å². The monoisotopic (exact) mass is 826 g/mol. The molecular formula is C58H38N2S2. The summed E-state index contributed by atoms with van der Waals surface area (Å²) in [6.07, 6.45) is 0. The van der Waals surface area contributed by atoms with E-state index in [0.717, 1.165) is 43.3 Å². The fourth-order valence-corrected chi connectivity index (χ4v) is 11.5. The average Bonchev–Trinajstić information content (AvgIpc) is 3.94. The van der Waals surface area contributed by atoms with Crippen molar-refractivity contribution < 1.29 is 0 Å². The van der Waals surface area contributed by atoms with Gasteiger partial charge in [-0.3, -0.25) is 0 Å². The van der Waals surface area contributed by atoms with Gasteiger partial charge in [0, 0.05) is 11.1 Å². The van der Waals surface area contributed by atoms with E-state index in [1.54, 1.807) is 22.7 Å². The van der Waals surface area contributed by atoms with Crippen molar-refractivity contribution in [3.8, 4) is 65.6 Å². The molecular weight excluding hydrogens is 789 g/mol. The lowest BCUT2D eigenvalue weighted by molar-refractivity contribution is 1.44. The molecule has 0 aliphatic carbocycles. The molecule has 4 heteroatoms. The van der Waals surface area contributed by atoms with E-state index >= 15 is 0 Å². The van der Waals surface area contributed by atoms with Crippen LogP contribution < -0.4 is 0 Å². The van der Waals surface area contributed by atoms with Crippen LogP contribution in [-0.4, -0.2) is 9.97 Å². The number of rotatable bonds is 6. The molecule has 0 aliphatic rings. The van der Waals surface area contributed by atoms with Gasteiger partial charge in [0.15, 0.2) is 0 Å². The molecule has 0 amide bonds. The normalized spacial score (nSPS) is 11.7. The van der Waals surface area contributed by atoms with Crippen molar-refractivity contribution in [2.24, 2.45) is 0 Å². The average molecular weight is 827 g/mol. The van der Waals surface area contributed by atoms with Crippen LogP contribution in [-0.2, 0) is 0 Å². The predicted octanol–water partition coefficient (Wildman–Crippen LogP) is 17.0. The lowest BCUT2D eigenvalue weighted by Gasteiger charge is -2.26. The Balaban J connectivity index is 1.33. The third-order valence-corrected chi connectivity index (χ3v) is 14.4. The van der Waals surface area contributed by atoms with Gasteiger partial charge in [-0.25, -0.2) is 9.97 Å². The van der Waals surface area contributed by atoms with Crippen molar-refractivity contribution in [1.29, 1.82) is 0 Å². The molecule has 2 nitrogen and oxygen atoms in total. The number of hydrogen-bond acceptors (Lipinski definition) is 4. The summed E-state index contributed by atoms with van der Waals surface area (Å²) in [6.45, 7) is 4.28. The maximum atomic E-state index is 5.33. The van der Waals surface area contributed by atoms with Crippen LogP contribution in [0, 0.1) is 13.8 Å². The van der Waals surface area contributed by atoms with E-state index in [0.29, 0.717) is 0 Å². The Kier molecular flexibility index (Phi) is 8.70. The van der Waals surface area contributed by atoms with E-state index in [1.807, 2.05) is 0 Å². The molecule has 10 aromatic carbocycles. The van der Waals surface area contributed by atoms with Crippen molar-refractivity contribution in [1.82, 2.24) is 9.97 Å². The van der Waals surface area contributed by atoms with Gasteiger partial charge in [-0.05, 0) is 126 Å². The summed E-state index contributed by atoms with van der Waals surface area (Å²) >= 11 is 3.53. The molecule has 2 heterocycles. The standard InChI is InChI=1S/C58H38N2S2/c1-35-29-31-49-47(33-35)59-57(61-49)45-27-15-13-25-43(45)53-41-23-11-12-24-42(41)54(44-26-14-16-28-46(44)58-60-48-34-36(2)30-32-50(48)62-58)56-52(38-19-7-4-8-20-38)40-22-10-9-21-39(40)51(55(53)56)37-17-5-3-6-18-37/h3-34H,1-2H3. The Hall–Kier alpha value is -7.24. The second-order valence-corrected chi connectivity index (χ2v) is 18.2. The van der Waals surface area contributed by atoms with Crippen LogP contribution in [0.5, 0.6) is 0 Å². The third-order valence-electron chi connectivity index (χ3n) is 12.2. The highest BCUT2D eigenvalue weighted by Gasteiger charge is 2.28. The topological polar surface area (TPSA) is 25.8 Å². The highest BCUT2D eigenvalue weighted by atomic mass is 32.1. The molecule has 0 bridgehead atoms.